The van der Waals surface area contributed by atoms with E-state index in [9.17, 15) is 0 Å². The van der Waals surface area contributed by atoms with E-state index in [1.54, 1.807) is 18.3 Å². The molecule has 0 spiro atoms. The summed E-state index contributed by atoms with van der Waals surface area (Å²) < 4.78 is 5.18. The Bertz CT molecular complexity index is 271. The van der Waals surface area contributed by atoms with Gasteiger partial charge in [-0.05, 0) is 12.1 Å². The Balaban J connectivity index is 2.21. The average Bonchev–Trinajstić information content (AvgIpc) is 2.20. The monoisotopic (exact) mass is 234 g/mol. The van der Waals surface area contributed by atoms with E-state index in [0.717, 1.165) is 0 Å². The van der Waals surface area contributed by atoms with E-state index in [1.807, 2.05) is 0 Å². The summed E-state index contributed by atoms with van der Waals surface area (Å²) in [6, 6.07) is 3.58. The number of hydrogen-bond acceptors (Lipinski definition) is 3. The second-order valence-corrected chi connectivity index (χ2v) is 3.35. The second-order valence-electron chi connectivity index (χ2n) is 2.56. The van der Waals surface area contributed by atoms with Crippen LogP contribution in [0.4, 0.5) is 5.82 Å². The predicted octanol–water partition coefficient (Wildman–Crippen LogP) is 2.40. The molecule has 14 heavy (non-hydrogen) atoms. The molecule has 1 aromatic rings. The number of rotatable bonds is 6. The quantitative estimate of drug-likeness (QED) is 0.607. The molecule has 0 saturated heterocycles. The zero-order valence-corrected chi connectivity index (χ0v) is 9.18. The minimum atomic E-state index is 0.518. The first kappa shape index (κ1) is 11.6. The van der Waals surface area contributed by atoms with Gasteiger partial charge in [0.15, 0.2) is 0 Å². The third-order valence-corrected chi connectivity index (χ3v) is 1.98. The van der Waals surface area contributed by atoms with Gasteiger partial charge in [-0.25, -0.2) is 4.98 Å². The standard InChI is InChI=1S/C9H12Cl2N2O/c10-3-6-14-7-5-13-9-8(11)2-1-4-12-9/h1-2,4H,3,5-7H2,(H,12,13). The van der Waals surface area contributed by atoms with E-state index >= 15 is 0 Å². The van der Waals surface area contributed by atoms with Gasteiger partial charge in [-0.2, -0.15) is 0 Å². The van der Waals surface area contributed by atoms with Crippen LogP contribution in [-0.2, 0) is 4.74 Å². The molecule has 0 unspecified atom stereocenters. The highest BCUT2D eigenvalue weighted by atomic mass is 35.5. The number of alkyl halides is 1. The summed E-state index contributed by atoms with van der Waals surface area (Å²) in [4.78, 5) is 4.07. The van der Waals surface area contributed by atoms with Crippen molar-refractivity contribution in [1.29, 1.82) is 0 Å². The smallest absolute Gasteiger partial charge is 0.144 e. The normalized spacial score (nSPS) is 10.1. The lowest BCUT2D eigenvalue weighted by Gasteiger charge is -2.06. The molecule has 0 aliphatic rings. The molecule has 0 saturated carbocycles. The lowest BCUT2D eigenvalue weighted by Crippen LogP contribution is -2.11. The largest absolute Gasteiger partial charge is 0.378 e. The number of hydrogen-bond donors (Lipinski definition) is 1. The van der Waals surface area contributed by atoms with Crippen molar-refractivity contribution in [3.8, 4) is 0 Å². The van der Waals surface area contributed by atoms with Crippen molar-refractivity contribution in [2.75, 3.05) is 31.0 Å². The topological polar surface area (TPSA) is 34.1 Å². The number of ether oxygens (including phenoxy) is 1. The van der Waals surface area contributed by atoms with Crippen LogP contribution in [0.15, 0.2) is 18.3 Å². The molecular formula is C9H12Cl2N2O. The molecule has 1 aromatic heterocycles. The Morgan fingerprint density at radius 3 is 3.00 bits per heavy atom. The zero-order chi connectivity index (χ0) is 10.2. The highest BCUT2D eigenvalue weighted by molar-refractivity contribution is 6.32. The highest BCUT2D eigenvalue weighted by Gasteiger charge is 1.97. The maximum Gasteiger partial charge on any atom is 0.144 e. The number of nitrogens with one attached hydrogen (secondary N) is 1. The fourth-order valence-corrected chi connectivity index (χ4v) is 1.21. The zero-order valence-electron chi connectivity index (χ0n) is 7.67. The lowest BCUT2D eigenvalue weighted by atomic mass is 10.4. The first-order chi connectivity index (χ1) is 6.84. The average molecular weight is 235 g/mol. The molecule has 0 fully saturated rings. The molecule has 0 aliphatic carbocycles. The number of anilines is 1. The molecule has 0 amide bonds. The molecule has 3 nitrogen and oxygen atoms in total. The summed E-state index contributed by atoms with van der Waals surface area (Å²) in [5.74, 6) is 1.20. The van der Waals surface area contributed by atoms with E-state index < -0.39 is 0 Å². The molecule has 0 bridgehead atoms. The summed E-state index contributed by atoms with van der Waals surface area (Å²) in [5, 5.41) is 3.68. The van der Waals surface area contributed by atoms with E-state index in [4.69, 9.17) is 27.9 Å². The maximum absolute atomic E-state index is 5.88. The van der Waals surface area contributed by atoms with Crippen molar-refractivity contribution in [1.82, 2.24) is 4.98 Å². The number of nitrogens with zero attached hydrogens (tertiary/aromatic N) is 1. The highest BCUT2D eigenvalue weighted by Crippen LogP contribution is 2.16. The molecule has 78 valence electrons. The predicted molar refractivity (Wildman–Crippen MR) is 59.3 cm³/mol. The van der Waals surface area contributed by atoms with E-state index in [-0.39, 0.29) is 0 Å². The van der Waals surface area contributed by atoms with Crippen molar-refractivity contribution < 1.29 is 4.74 Å². The maximum atomic E-state index is 5.88. The minimum Gasteiger partial charge on any atom is -0.378 e. The third kappa shape index (κ3) is 4.13. The first-order valence-electron chi connectivity index (χ1n) is 4.32. The number of aromatic nitrogens is 1. The van der Waals surface area contributed by atoms with E-state index in [1.165, 1.54) is 0 Å². The van der Waals surface area contributed by atoms with Crippen LogP contribution in [0.25, 0.3) is 0 Å². The van der Waals surface area contributed by atoms with Gasteiger partial charge in [0, 0.05) is 18.6 Å². The summed E-state index contributed by atoms with van der Waals surface area (Å²) in [7, 11) is 0. The Morgan fingerprint density at radius 1 is 1.43 bits per heavy atom. The van der Waals surface area contributed by atoms with Crippen molar-refractivity contribution in [3.05, 3.63) is 23.4 Å². The van der Waals surface area contributed by atoms with Gasteiger partial charge in [0.25, 0.3) is 0 Å². The Labute approximate surface area is 93.4 Å². The van der Waals surface area contributed by atoms with Crippen LogP contribution in [0, 0.1) is 0 Å². The Hall–Kier alpha value is -0.510. The van der Waals surface area contributed by atoms with Crippen molar-refractivity contribution in [2.45, 2.75) is 0 Å². The molecule has 0 aromatic carbocycles. The Kier molecular flexibility index (Phi) is 5.68. The van der Waals surface area contributed by atoms with Gasteiger partial charge in [-0.15, -0.1) is 11.6 Å². The molecule has 0 aliphatic heterocycles. The molecule has 0 atom stereocenters. The second kappa shape index (κ2) is 6.87. The van der Waals surface area contributed by atoms with Crippen molar-refractivity contribution in [2.24, 2.45) is 0 Å². The molecule has 0 radical (unpaired) electrons. The van der Waals surface area contributed by atoms with Crippen LogP contribution in [0.3, 0.4) is 0 Å². The van der Waals surface area contributed by atoms with Crippen LogP contribution in [0.2, 0.25) is 5.02 Å². The van der Waals surface area contributed by atoms with Gasteiger partial charge in [0.2, 0.25) is 0 Å². The van der Waals surface area contributed by atoms with Gasteiger partial charge in [-0.1, -0.05) is 11.6 Å². The van der Waals surface area contributed by atoms with Crippen LogP contribution in [0.1, 0.15) is 0 Å². The summed E-state index contributed by atoms with van der Waals surface area (Å²) in [6.45, 7) is 1.84. The molecular weight excluding hydrogens is 223 g/mol. The van der Waals surface area contributed by atoms with Gasteiger partial charge in [0.1, 0.15) is 5.82 Å². The summed E-state index contributed by atoms with van der Waals surface area (Å²) in [5.41, 5.74) is 0. The van der Waals surface area contributed by atoms with Gasteiger partial charge in [0.05, 0.1) is 18.2 Å². The fraction of sp³-hybridized carbons (Fsp3) is 0.444. The molecule has 1 rings (SSSR count). The lowest BCUT2D eigenvalue weighted by molar-refractivity contribution is 0.160. The van der Waals surface area contributed by atoms with Gasteiger partial charge >= 0.3 is 0 Å². The molecule has 1 heterocycles. The molecule has 5 heteroatoms. The van der Waals surface area contributed by atoms with E-state index in [0.29, 0.717) is 36.5 Å². The first-order valence-corrected chi connectivity index (χ1v) is 5.24. The van der Waals surface area contributed by atoms with Crippen LogP contribution in [-0.4, -0.2) is 30.6 Å². The van der Waals surface area contributed by atoms with E-state index in [2.05, 4.69) is 10.3 Å². The van der Waals surface area contributed by atoms with Gasteiger partial charge in [-0.3, -0.25) is 0 Å². The van der Waals surface area contributed by atoms with Crippen LogP contribution >= 0.6 is 23.2 Å². The summed E-state index contributed by atoms with van der Waals surface area (Å²) in [6.07, 6.45) is 1.69. The van der Waals surface area contributed by atoms with Crippen LogP contribution in [0.5, 0.6) is 0 Å². The third-order valence-electron chi connectivity index (χ3n) is 1.52. The number of pyridine rings is 1. The van der Waals surface area contributed by atoms with Crippen molar-refractivity contribution >= 4 is 29.0 Å². The van der Waals surface area contributed by atoms with Gasteiger partial charge < -0.3 is 10.1 Å². The van der Waals surface area contributed by atoms with Crippen LogP contribution < -0.4 is 5.32 Å². The fourth-order valence-electron chi connectivity index (χ4n) is 0.914. The minimum absolute atomic E-state index is 0.518. The molecule has 1 N–H and O–H groups in total. The Morgan fingerprint density at radius 2 is 2.29 bits per heavy atom. The summed E-state index contributed by atoms with van der Waals surface area (Å²) >= 11 is 11.3. The number of halogens is 2. The SMILES string of the molecule is ClCCOCCNc1ncccc1Cl. The van der Waals surface area contributed by atoms with Crippen molar-refractivity contribution in [3.63, 3.8) is 0 Å².